The molecule has 1 aliphatic carbocycles. The normalized spacial score (nSPS) is 18.0. The van der Waals surface area contributed by atoms with Gasteiger partial charge in [-0.25, -0.2) is 4.39 Å². The molecular weight excluding hydrogens is 470 g/mol. The maximum absolute atomic E-state index is 15.3. The van der Waals surface area contributed by atoms with Crippen LogP contribution in [0.25, 0.3) is 11.1 Å². The first-order chi connectivity index (χ1) is 18.1. The number of halogens is 2. The van der Waals surface area contributed by atoms with E-state index < -0.39 is 0 Å². The van der Waals surface area contributed by atoms with Crippen LogP contribution >= 0.6 is 0 Å². The molecule has 1 heterocycles. The third-order valence-corrected chi connectivity index (χ3v) is 7.36. The summed E-state index contributed by atoms with van der Waals surface area (Å²) in [4.78, 5) is 2.26. The Labute approximate surface area is 217 Å². The van der Waals surface area contributed by atoms with E-state index in [1.807, 2.05) is 36.4 Å². The van der Waals surface area contributed by atoms with Crippen LogP contribution in [-0.2, 0) is 6.42 Å². The molecule has 194 valence electrons. The van der Waals surface area contributed by atoms with E-state index in [4.69, 9.17) is 15.2 Å². The number of aryl methyl sites for hydroxylation is 1. The number of allylic oxidation sites excluding steroid dienone is 1. The molecule has 0 amide bonds. The summed E-state index contributed by atoms with van der Waals surface area (Å²) >= 11 is 0. The zero-order valence-corrected chi connectivity index (χ0v) is 21.3. The zero-order chi connectivity index (χ0) is 25.8. The average Bonchev–Trinajstić information content (AvgIpc) is 3.27. The highest BCUT2D eigenvalue weighted by atomic mass is 19.1. The van der Waals surface area contributed by atoms with Gasteiger partial charge in [0.2, 0.25) is 0 Å². The molecule has 1 atom stereocenters. The van der Waals surface area contributed by atoms with Gasteiger partial charge in [0, 0.05) is 37.0 Å². The molecule has 1 fully saturated rings. The van der Waals surface area contributed by atoms with Crippen molar-refractivity contribution in [3.05, 3.63) is 88.7 Å². The standard InChI is InChI=1S/C31H34F2N2O2/c1-36-25-11-13-28(30(33)19-25)29-5-2-4-22-18-23(34)8-12-27(22)31(29)21-6-9-24(10-7-21)37-26-14-17-35(20-26)16-3-15-32/h6-13,18-19,26H,2-5,14-17,20,34H2,1H3. The Morgan fingerprint density at radius 2 is 1.76 bits per heavy atom. The van der Waals surface area contributed by atoms with Gasteiger partial charge in [0.05, 0.1) is 13.8 Å². The number of fused-ring (bicyclic) bond motifs is 1. The number of hydrogen-bond acceptors (Lipinski definition) is 4. The van der Waals surface area contributed by atoms with Crippen LogP contribution in [0.1, 0.15) is 47.9 Å². The predicted octanol–water partition coefficient (Wildman–Crippen LogP) is 6.52. The Morgan fingerprint density at radius 3 is 2.51 bits per heavy atom. The molecule has 0 radical (unpaired) electrons. The number of benzene rings is 3. The van der Waals surface area contributed by atoms with Crippen molar-refractivity contribution >= 4 is 16.8 Å². The Balaban J connectivity index is 1.49. The molecule has 1 unspecified atom stereocenters. The van der Waals surface area contributed by atoms with Gasteiger partial charge in [0.15, 0.2) is 0 Å². The van der Waals surface area contributed by atoms with E-state index in [2.05, 4.69) is 23.1 Å². The molecule has 6 heteroatoms. The van der Waals surface area contributed by atoms with Gasteiger partial charge in [-0.3, -0.25) is 9.29 Å². The summed E-state index contributed by atoms with van der Waals surface area (Å²) in [5, 5.41) is 0. The second-order valence-electron chi connectivity index (χ2n) is 9.87. The summed E-state index contributed by atoms with van der Waals surface area (Å²) in [6, 6.07) is 19.2. The lowest BCUT2D eigenvalue weighted by atomic mass is 9.87. The van der Waals surface area contributed by atoms with Gasteiger partial charge in [-0.05, 0) is 96.3 Å². The van der Waals surface area contributed by atoms with Crippen molar-refractivity contribution in [1.29, 1.82) is 0 Å². The monoisotopic (exact) mass is 504 g/mol. The lowest BCUT2D eigenvalue weighted by Crippen LogP contribution is -2.26. The molecule has 37 heavy (non-hydrogen) atoms. The molecule has 0 saturated carbocycles. The summed E-state index contributed by atoms with van der Waals surface area (Å²) in [5.74, 6) is 1.02. The van der Waals surface area contributed by atoms with Crippen LogP contribution in [0, 0.1) is 5.82 Å². The number of anilines is 1. The minimum Gasteiger partial charge on any atom is -0.497 e. The molecule has 0 aromatic heterocycles. The predicted molar refractivity (Wildman–Crippen MR) is 145 cm³/mol. The third-order valence-electron chi connectivity index (χ3n) is 7.36. The molecular formula is C31H34F2N2O2. The van der Waals surface area contributed by atoms with Crippen LogP contribution < -0.4 is 15.2 Å². The van der Waals surface area contributed by atoms with Crippen molar-refractivity contribution in [2.75, 3.05) is 39.2 Å². The Kier molecular flexibility index (Phi) is 7.75. The van der Waals surface area contributed by atoms with Crippen LogP contribution in [-0.4, -0.2) is 44.4 Å². The molecule has 1 aliphatic heterocycles. The van der Waals surface area contributed by atoms with Gasteiger partial charge in [-0.2, -0.15) is 0 Å². The maximum atomic E-state index is 15.3. The number of methoxy groups -OCH3 is 1. The number of nitrogens with zero attached hydrogens (tertiary/aromatic N) is 1. The van der Waals surface area contributed by atoms with Crippen LogP contribution in [0.15, 0.2) is 60.7 Å². The van der Waals surface area contributed by atoms with Gasteiger partial charge in [-0.15, -0.1) is 0 Å². The average molecular weight is 505 g/mol. The van der Waals surface area contributed by atoms with Crippen LogP contribution in [0.2, 0.25) is 0 Å². The maximum Gasteiger partial charge on any atom is 0.134 e. The summed E-state index contributed by atoms with van der Waals surface area (Å²) in [7, 11) is 1.54. The number of likely N-dealkylation sites (tertiary alicyclic amines) is 1. The smallest absolute Gasteiger partial charge is 0.134 e. The van der Waals surface area contributed by atoms with Gasteiger partial charge >= 0.3 is 0 Å². The van der Waals surface area contributed by atoms with Crippen molar-refractivity contribution in [2.45, 2.75) is 38.2 Å². The van der Waals surface area contributed by atoms with E-state index in [0.29, 0.717) is 17.7 Å². The molecule has 3 aromatic carbocycles. The fourth-order valence-corrected chi connectivity index (χ4v) is 5.55. The van der Waals surface area contributed by atoms with Gasteiger partial charge in [0.1, 0.15) is 23.4 Å². The minimum absolute atomic E-state index is 0.107. The minimum atomic E-state index is -0.288. The second kappa shape index (κ2) is 11.3. The van der Waals surface area contributed by atoms with Crippen LogP contribution in [0.4, 0.5) is 14.5 Å². The summed E-state index contributed by atoms with van der Waals surface area (Å²) in [6.07, 6.45) is 4.16. The van der Waals surface area contributed by atoms with Crippen molar-refractivity contribution < 1.29 is 18.3 Å². The van der Waals surface area contributed by atoms with Crippen LogP contribution in [0.5, 0.6) is 11.5 Å². The van der Waals surface area contributed by atoms with Crippen molar-refractivity contribution in [1.82, 2.24) is 4.90 Å². The molecule has 4 nitrogen and oxygen atoms in total. The zero-order valence-electron chi connectivity index (χ0n) is 21.3. The van der Waals surface area contributed by atoms with E-state index >= 15 is 4.39 Å². The number of nitrogen functional groups attached to an aromatic ring is 1. The first-order valence-corrected chi connectivity index (χ1v) is 13.1. The van der Waals surface area contributed by atoms with Crippen molar-refractivity contribution in [3.8, 4) is 11.5 Å². The summed E-state index contributed by atoms with van der Waals surface area (Å²) < 4.78 is 39.3. The highest BCUT2D eigenvalue weighted by molar-refractivity contribution is 6.00. The van der Waals surface area contributed by atoms with E-state index in [-0.39, 0.29) is 18.6 Å². The molecule has 0 bridgehead atoms. The first kappa shape index (κ1) is 25.3. The lowest BCUT2D eigenvalue weighted by Gasteiger charge is -2.19. The lowest BCUT2D eigenvalue weighted by molar-refractivity contribution is 0.198. The molecule has 2 N–H and O–H groups in total. The molecule has 0 spiro atoms. The molecule has 3 aromatic rings. The number of rotatable bonds is 8. The van der Waals surface area contributed by atoms with E-state index in [1.54, 1.807) is 7.11 Å². The van der Waals surface area contributed by atoms with Crippen LogP contribution in [0.3, 0.4) is 0 Å². The van der Waals surface area contributed by atoms with E-state index in [9.17, 15) is 4.39 Å². The fraction of sp³-hybridized carbons (Fsp3) is 0.355. The molecule has 1 saturated heterocycles. The summed E-state index contributed by atoms with van der Waals surface area (Å²) in [5.41, 5.74) is 12.8. The van der Waals surface area contributed by atoms with Crippen molar-refractivity contribution in [2.24, 2.45) is 0 Å². The number of ether oxygens (including phenoxy) is 2. The van der Waals surface area contributed by atoms with Gasteiger partial charge in [-0.1, -0.05) is 18.2 Å². The fourth-order valence-electron chi connectivity index (χ4n) is 5.55. The molecule has 2 aliphatic rings. The topological polar surface area (TPSA) is 47.7 Å². The SMILES string of the molecule is COc1ccc(C2=C(c3ccc(OC4CCN(CCCF)C4)cc3)c3ccc(N)cc3CCC2)c(F)c1. The largest absolute Gasteiger partial charge is 0.497 e. The van der Waals surface area contributed by atoms with Gasteiger partial charge in [0.25, 0.3) is 0 Å². The number of nitrogens with two attached hydrogens (primary N) is 1. The van der Waals surface area contributed by atoms with Gasteiger partial charge < -0.3 is 15.2 Å². The van der Waals surface area contributed by atoms with E-state index in [0.717, 1.165) is 79.0 Å². The first-order valence-electron chi connectivity index (χ1n) is 13.1. The Hall–Kier alpha value is -3.38. The Morgan fingerprint density at radius 1 is 0.973 bits per heavy atom. The summed E-state index contributed by atoms with van der Waals surface area (Å²) in [6.45, 7) is 2.25. The quantitative estimate of drug-likeness (QED) is 0.355. The van der Waals surface area contributed by atoms with Crippen molar-refractivity contribution in [3.63, 3.8) is 0 Å². The highest BCUT2D eigenvalue weighted by Crippen LogP contribution is 2.41. The number of alkyl halides is 1. The third kappa shape index (κ3) is 5.64. The number of hydrogen-bond donors (Lipinski definition) is 1. The highest BCUT2D eigenvalue weighted by Gasteiger charge is 2.25. The van der Waals surface area contributed by atoms with E-state index in [1.165, 1.54) is 11.6 Å². The second-order valence-corrected chi connectivity index (χ2v) is 9.87. The Bertz CT molecular complexity index is 1270. The molecule has 5 rings (SSSR count).